The van der Waals surface area contributed by atoms with Crippen LogP contribution in [-0.2, 0) is 16.2 Å². The summed E-state index contributed by atoms with van der Waals surface area (Å²) < 4.78 is 0. The van der Waals surface area contributed by atoms with Crippen LogP contribution in [0.2, 0.25) is 0 Å². The van der Waals surface area contributed by atoms with Crippen molar-refractivity contribution in [3.63, 3.8) is 0 Å². The van der Waals surface area contributed by atoms with E-state index in [-0.39, 0.29) is 6.10 Å². The van der Waals surface area contributed by atoms with Crippen LogP contribution in [-0.4, -0.2) is 12.1 Å². The summed E-state index contributed by atoms with van der Waals surface area (Å²) in [7, 11) is 0. The zero-order valence-electron chi connectivity index (χ0n) is 11.4. The monoisotopic (exact) mass is 250 g/mol. The van der Waals surface area contributed by atoms with Gasteiger partial charge in [-0.15, -0.1) is 0 Å². The molecule has 3 nitrogen and oxygen atoms in total. The normalized spacial score (nSPS) is 12.2. The maximum Gasteiger partial charge on any atom is 0.373 e. The molecule has 0 aliphatic carbocycles. The maximum absolute atomic E-state index is 11.6. The van der Waals surface area contributed by atoms with Crippen LogP contribution >= 0.6 is 0 Å². The van der Waals surface area contributed by atoms with Gasteiger partial charge in [-0.05, 0) is 43.9 Å². The lowest BCUT2D eigenvalue weighted by Crippen LogP contribution is -2.12. The number of unbranched alkanes of at least 4 members (excludes halogenated alkanes) is 1. The Hall–Kier alpha value is -1.35. The molecule has 100 valence electrons. The van der Waals surface area contributed by atoms with E-state index in [1.54, 1.807) is 12.1 Å². The molecule has 0 spiro atoms. The number of benzene rings is 1. The Morgan fingerprint density at radius 1 is 1.22 bits per heavy atom. The second kappa shape index (κ2) is 7.88. The number of hydrogen-bond donors (Lipinski definition) is 0. The summed E-state index contributed by atoms with van der Waals surface area (Å²) in [6, 6.07) is 7.51. The first kappa shape index (κ1) is 14.7. The van der Waals surface area contributed by atoms with Gasteiger partial charge >= 0.3 is 5.97 Å². The second-order valence-corrected chi connectivity index (χ2v) is 4.49. The molecular weight excluding hydrogens is 228 g/mol. The van der Waals surface area contributed by atoms with Crippen LogP contribution in [0.5, 0.6) is 0 Å². The number of hydrogen-bond acceptors (Lipinski definition) is 3. The van der Waals surface area contributed by atoms with Crippen LogP contribution in [0.25, 0.3) is 0 Å². The predicted octanol–water partition coefficient (Wildman–Crippen LogP) is 3.92. The van der Waals surface area contributed by atoms with Gasteiger partial charge in [-0.1, -0.05) is 32.4 Å². The highest BCUT2D eigenvalue weighted by molar-refractivity contribution is 5.88. The quantitative estimate of drug-likeness (QED) is 0.543. The zero-order valence-corrected chi connectivity index (χ0v) is 11.4. The lowest BCUT2D eigenvalue weighted by atomic mass is 10.1. The van der Waals surface area contributed by atoms with Crippen molar-refractivity contribution in [1.29, 1.82) is 0 Å². The summed E-state index contributed by atoms with van der Waals surface area (Å²) in [5.74, 6) is -0.433. The molecule has 18 heavy (non-hydrogen) atoms. The van der Waals surface area contributed by atoms with E-state index in [9.17, 15) is 4.79 Å². The molecule has 0 saturated heterocycles. The van der Waals surface area contributed by atoms with E-state index in [4.69, 9.17) is 9.78 Å². The first-order valence-corrected chi connectivity index (χ1v) is 6.64. The molecule has 0 amide bonds. The predicted molar refractivity (Wildman–Crippen MR) is 71.3 cm³/mol. The first-order valence-electron chi connectivity index (χ1n) is 6.64. The Balaban J connectivity index is 2.48. The van der Waals surface area contributed by atoms with E-state index < -0.39 is 5.97 Å². The average molecular weight is 250 g/mol. The van der Waals surface area contributed by atoms with Crippen LogP contribution in [0.3, 0.4) is 0 Å². The van der Waals surface area contributed by atoms with Gasteiger partial charge in [0.2, 0.25) is 0 Å². The van der Waals surface area contributed by atoms with Crippen LogP contribution in [0, 0.1) is 0 Å². The number of carbonyl (C=O) groups is 1. The highest BCUT2D eigenvalue weighted by atomic mass is 17.2. The van der Waals surface area contributed by atoms with E-state index >= 15 is 0 Å². The molecule has 1 atom stereocenters. The molecule has 1 unspecified atom stereocenters. The van der Waals surface area contributed by atoms with Crippen molar-refractivity contribution in [2.45, 2.75) is 52.6 Å². The lowest BCUT2D eigenvalue weighted by Gasteiger charge is -2.08. The molecule has 0 bridgehead atoms. The fraction of sp³-hybridized carbons (Fsp3) is 0.533. The highest BCUT2D eigenvalue weighted by Crippen LogP contribution is 2.10. The van der Waals surface area contributed by atoms with Gasteiger partial charge in [0.1, 0.15) is 6.10 Å². The van der Waals surface area contributed by atoms with Crippen LogP contribution in [0.4, 0.5) is 0 Å². The summed E-state index contributed by atoms with van der Waals surface area (Å²) in [6.07, 6.45) is 4.13. The van der Waals surface area contributed by atoms with Crippen molar-refractivity contribution >= 4 is 5.97 Å². The molecule has 0 aliphatic heterocycles. The number of rotatable bonds is 7. The van der Waals surface area contributed by atoms with Crippen LogP contribution in [0.1, 0.15) is 56.0 Å². The molecule has 0 N–H and O–H groups in total. The highest BCUT2D eigenvalue weighted by Gasteiger charge is 2.10. The van der Waals surface area contributed by atoms with Crippen molar-refractivity contribution < 1.29 is 14.6 Å². The molecule has 1 aromatic carbocycles. The maximum atomic E-state index is 11.6. The molecular formula is C15H22O3. The summed E-state index contributed by atoms with van der Waals surface area (Å²) in [5.41, 5.74) is 1.77. The van der Waals surface area contributed by atoms with E-state index in [1.165, 1.54) is 18.4 Å². The molecule has 0 saturated carbocycles. The minimum atomic E-state index is -0.433. The molecule has 0 aromatic heterocycles. The van der Waals surface area contributed by atoms with Gasteiger partial charge in [-0.3, -0.25) is 4.89 Å². The Morgan fingerprint density at radius 2 is 1.89 bits per heavy atom. The van der Waals surface area contributed by atoms with E-state index in [0.29, 0.717) is 5.56 Å². The largest absolute Gasteiger partial charge is 0.373 e. The standard InChI is InChI=1S/C15H22O3/c1-4-6-7-13-8-10-14(11-9-13)15(16)18-17-12(3)5-2/h8-12H,4-7H2,1-3H3. The molecule has 0 heterocycles. The Kier molecular flexibility index (Phi) is 6.44. The summed E-state index contributed by atoms with van der Waals surface area (Å²) >= 11 is 0. The van der Waals surface area contributed by atoms with Crippen molar-refractivity contribution in [2.24, 2.45) is 0 Å². The summed E-state index contributed by atoms with van der Waals surface area (Å²) in [5, 5.41) is 0. The van der Waals surface area contributed by atoms with Gasteiger partial charge in [-0.25, -0.2) is 4.79 Å². The minimum absolute atomic E-state index is 0.0715. The fourth-order valence-electron chi connectivity index (χ4n) is 1.43. The van der Waals surface area contributed by atoms with Crippen molar-refractivity contribution in [1.82, 2.24) is 0 Å². The van der Waals surface area contributed by atoms with Crippen LogP contribution < -0.4 is 0 Å². The summed E-state index contributed by atoms with van der Waals surface area (Å²) in [6.45, 7) is 6.00. The Morgan fingerprint density at radius 3 is 2.44 bits per heavy atom. The third-order valence-corrected chi connectivity index (χ3v) is 2.87. The molecule has 0 fully saturated rings. The third-order valence-electron chi connectivity index (χ3n) is 2.87. The van der Waals surface area contributed by atoms with Gasteiger partial charge in [0.05, 0.1) is 5.56 Å². The molecule has 3 heteroatoms. The van der Waals surface area contributed by atoms with Crippen molar-refractivity contribution in [3.8, 4) is 0 Å². The van der Waals surface area contributed by atoms with Gasteiger partial charge in [0.25, 0.3) is 0 Å². The van der Waals surface area contributed by atoms with Gasteiger partial charge < -0.3 is 0 Å². The van der Waals surface area contributed by atoms with E-state index in [2.05, 4.69) is 6.92 Å². The van der Waals surface area contributed by atoms with Gasteiger partial charge in [-0.2, -0.15) is 4.89 Å². The average Bonchev–Trinajstić information content (AvgIpc) is 2.42. The lowest BCUT2D eigenvalue weighted by molar-refractivity contribution is -0.270. The van der Waals surface area contributed by atoms with Gasteiger partial charge in [0.15, 0.2) is 0 Å². The zero-order chi connectivity index (χ0) is 13.4. The topological polar surface area (TPSA) is 35.5 Å². The van der Waals surface area contributed by atoms with E-state index in [0.717, 1.165) is 12.8 Å². The van der Waals surface area contributed by atoms with Crippen molar-refractivity contribution in [2.75, 3.05) is 0 Å². The minimum Gasteiger partial charge on any atom is -0.293 e. The molecule has 1 rings (SSSR count). The molecule has 1 aromatic rings. The third kappa shape index (κ3) is 4.88. The Labute approximate surface area is 109 Å². The Bertz CT molecular complexity index is 357. The number of carbonyl (C=O) groups excluding carboxylic acids is 1. The van der Waals surface area contributed by atoms with Crippen molar-refractivity contribution in [3.05, 3.63) is 35.4 Å². The van der Waals surface area contributed by atoms with Crippen LogP contribution in [0.15, 0.2) is 24.3 Å². The SMILES string of the molecule is CCCCc1ccc(C(=O)OOC(C)CC)cc1. The first-order chi connectivity index (χ1) is 8.67. The smallest absolute Gasteiger partial charge is 0.293 e. The molecule has 0 radical (unpaired) electrons. The number of aryl methyl sites for hydroxylation is 1. The molecule has 0 aliphatic rings. The summed E-state index contributed by atoms with van der Waals surface area (Å²) in [4.78, 5) is 21.4. The fourth-order valence-corrected chi connectivity index (χ4v) is 1.43. The second-order valence-electron chi connectivity index (χ2n) is 4.49. The van der Waals surface area contributed by atoms with Gasteiger partial charge in [0, 0.05) is 0 Å². The van der Waals surface area contributed by atoms with E-state index in [1.807, 2.05) is 26.0 Å².